The van der Waals surface area contributed by atoms with E-state index in [0.29, 0.717) is 5.04 Å². The van der Waals surface area contributed by atoms with Crippen molar-refractivity contribution in [2.75, 3.05) is 6.61 Å². The van der Waals surface area contributed by atoms with Crippen molar-refractivity contribution in [2.24, 2.45) is 0 Å². The van der Waals surface area contributed by atoms with Crippen LogP contribution in [0.5, 0.6) is 0 Å². The molecule has 0 spiro atoms. The molecule has 1 nitrogen and oxygen atoms in total. The molecule has 1 rings (SSSR count). The second kappa shape index (κ2) is 5.68. The van der Waals surface area contributed by atoms with Crippen molar-refractivity contribution in [3.05, 3.63) is 21.9 Å². The molecular formula is C14H26OSSi. The molecule has 0 saturated carbocycles. The van der Waals surface area contributed by atoms with E-state index in [2.05, 4.69) is 52.2 Å². The molecule has 0 saturated heterocycles. The Morgan fingerprint density at radius 3 is 2.41 bits per heavy atom. The average molecular weight is 271 g/mol. The molecule has 0 radical (unpaired) electrons. The number of thiophene rings is 1. The van der Waals surface area contributed by atoms with E-state index in [-0.39, 0.29) is 0 Å². The van der Waals surface area contributed by atoms with Crippen molar-refractivity contribution >= 4 is 19.7 Å². The molecule has 0 amide bonds. The van der Waals surface area contributed by atoms with Crippen LogP contribution in [0.1, 0.15) is 38.1 Å². The van der Waals surface area contributed by atoms with Crippen LogP contribution >= 0.6 is 11.3 Å². The standard InChI is InChI=1S/C14H26OSSi/c1-7-13-10-12(11-16-13)8-9-15-17(5,6)14(2,3)4/h10-11H,7-9H2,1-6H3. The molecule has 0 fully saturated rings. The topological polar surface area (TPSA) is 9.23 Å². The van der Waals surface area contributed by atoms with Gasteiger partial charge in [-0.25, -0.2) is 0 Å². The minimum absolute atomic E-state index is 0.316. The van der Waals surface area contributed by atoms with Gasteiger partial charge in [0, 0.05) is 11.5 Å². The van der Waals surface area contributed by atoms with E-state index in [9.17, 15) is 0 Å². The van der Waals surface area contributed by atoms with Gasteiger partial charge in [-0.05, 0) is 48.0 Å². The summed E-state index contributed by atoms with van der Waals surface area (Å²) in [6.07, 6.45) is 2.21. The SMILES string of the molecule is CCc1cc(CCO[Si](C)(C)C(C)(C)C)cs1. The maximum absolute atomic E-state index is 6.18. The van der Waals surface area contributed by atoms with Gasteiger partial charge < -0.3 is 4.43 Å². The summed E-state index contributed by atoms with van der Waals surface area (Å²) in [5.41, 5.74) is 1.44. The van der Waals surface area contributed by atoms with Gasteiger partial charge in [-0.15, -0.1) is 11.3 Å². The van der Waals surface area contributed by atoms with Crippen LogP contribution in [0.4, 0.5) is 0 Å². The predicted molar refractivity (Wildman–Crippen MR) is 80.6 cm³/mol. The minimum Gasteiger partial charge on any atom is -0.416 e. The Morgan fingerprint density at radius 1 is 1.29 bits per heavy atom. The number of hydrogen-bond acceptors (Lipinski definition) is 2. The lowest BCUT2D eigenvalue weighted by Gasteiger charge is -2.36. The first kappa shape index (κ1) is 14.9. The van der Waals surface area contributed by atoms with Gasteiger partial charge in [0.2, 0.25) is 0 Å². The highest BCUT2D eigenvalue weighted by molar-refractivity contribution is 7.10. The molecule has 0 bridgehead atoms. The van der Waals surface area contributed by atoms with Crippen LogP contribution in [0.15, 0.2) is 11.4 Å². The minimum atomic E-state index is -1.56. The zero-order chi connectivity index (χ0) is 13.1. The molecule has 0 aliphatic heterocycles. The van der Waals surface area contributed by atoms with E-state index in [0.717, 1.165) is 19.4 Å². The molecule has 17 heavy (non-hydrogen) atoms. The largest absolute Gasteiger partial charge is 0.416 e. The number of aryl methyl sites for hydroxylation is 1. The highest BCUT2D eigenvalue weighted by Gasteiger charge is 2.36. The maximum Gasteiger partial charge on any atom is 0.191 e. The fraction of sp³-hybridized carbons (Fsp3) is 0.714. The molecule has 3 heteroatoms. The second-order valence-electron chi connectivity index (χ2n) is 6.13. The van der Waals surface area contributed by atoms with Crippen molar-refractivity contribution in [3.63, 3.8) is 0 Å². The fourth-order valence-electron chi connectivity index (χ4n) is 1.38. The van der Waals surface area contributed by atoms with E-state index < -0.39 is 8.32 Å². The first-order chi connectivity index (χ1) is 7.76. The zero-order valence-corrected chi connectivity index (χ0v) is 13.9. The molecule has 0 aliphatic carbocycles. The zero-order valence-electron chi connectivity index (χ0n) is 12.1. The molecule has 0 aromatic carbocycles. The maximum atomic E-state index is 6.18. The molecule has 0 unspecified atom stereocenters. The van der Waals surface area contributed by atoms with Crippen molar-refractivity contribution in [2.45, 2.75) is 58.7 Å². The smallest absolute Gasteiger partial charge is 0.191 e. The Balaban J connectivity index is 2.42. The Labute approximate surface area is 111 Å². The van der Waals surface area contributed by atoms with Gasteiger partial charge in [0.05, 0.1) is 0 Å². The Morgan fingerprint density at radius 2 is 1.94 bits per heavy atom. The van der Waals surface area contributed by atoms with Crippen LogP contribution in [0.3, 0.4) is 0 Å². The third-order valence-electron chi connectivity index (χ3n) is 3.72. The Kier molecular flexibility index (Phi) is 4.99. The molecular weight excluding hydrogens is 244 g/mol. The van der Waals surface area contributed by atoms with Gasteiger partial charge in [-0.1, -0.05) is 27.7 Å². The third-order valence-corrected chi connectivity index (χ3v) is 9.38. The molecule has 1 aromatic rings. The lowest BCUT2D eigenvalue weighted by molar-refractivity contribution is 0.292. The third kappa shape index (κ3) is 4.23. The summed E-state index contributed by atoms with van der Waals surface area (Å²) in [5, 5.41) is 2.59. The van der Waals surface area contributed by atoms with Gasteiger partial charge in [-0.3, -0.25) is 0 Å². The van der Waals surface area contributed by atoms with Crippen molar-refractivity contribution < 1.29 is 4.43 Å². The molecule has 0 aliphatic rings. The fourth-order valence-corrected chi connectivity index (χ4v) is 3.30. The normalized spacial score (nSPS) is 13.1. The first-order valence-electron chi connectivity index (χ1n) is 6.46. The van der Waals surface area contributed by atoms with Crippen molar-refractivity contribution in [1.29, 1.82) is 0 Å². The second-order valence-corrected chi connectivity index (χ2v) is 11.9. The summed E-state index contributed by atoms with van der Waals surface area (Å²) in [5.74, 6) is 0. The van der Waals surface area contributed by atoms with E-state index in [1.807, 2.05) is 11.3 Å². The van der Waals surface area contributed by atoms with Gasteiger partial charge in [0.15, 0.2) is 8.32 Å². The molecule has 1 heterocycles. The van der Waals surface area contributed by atoms with E-state index >= 15 is 0 Å². The summed E-state index contributed by atoms with van der Waals surface area (Å²) in [7, 11) is -1.56. The molecule has 98 valence electrons. The van der Waals surface area contributed by atoms with Crippen LogP contribution in [0.2, 0.25) is 18.1 Å². The average Bonchev–Trinajstić information content (AvgIpc) is 2.63. The summed E-state index contributed by atoms with van der Waals surface area (Å²) >= 11 is 1.87. The number of rotatable bonds is 5. The van der Waals surface area contributed by atoms with Crippen molar-refractivity contribution in [1.82, 2.24) is 0 Å². The monoisotopic (exact) mass is 270 g/mol. The molecule has 0 atom stereocenters. The lowest BCUT2D eigenvalue weighted by atomic mass is 10.2. The molecule has 1 aromatic heterocycles. The van der Waals surface area contributed by atoms with Gasteiger partial charge in [0.1, 0.15) is 0 Å². The summed E-state index contributed by atoms with van der Waals surface area (Å²) in [6, 6.07) is 2.32. The van der Waals surface area contributed by atoms with Crippen LogP contribution in [-0.4, -0.2) is 14.9 Å². The highest BCUT2D eigenvalue weighted by Crippen LogP contribution is 2.36. The first-order valence-corrected chi connectivity index (χ1v) is 10.3. The van der Waals surface area contributed by atoms with Crippen molar-refractivity contribution in [3.8, 4) is 0 Å². The van der Waals surface area contributed by atoms with E-state index in [1.54, 1.807) is 0 Å². The van der Waals surface area contributed by atoms with Gasteiger partial charge in [0.25, 0.3) is 0 Å². The van der Waals surface area contributed by atoms with E-state index in [4.69, 9.17) is 4.43 Å². The van der Waals surface area contributed by atoms with E-state index in [1.165, 1.54) is 10.4 Å². The predicted octanol–water partition coefficient (Wildman–Crippen LogP) is 4.87. The Hall–Kier alpha value is -0.123. The van der Waals surface area contributed by atoms with Crippen LogP contribution in [-0.2, 0) is 17.3 Å². The highest BCUT2D eigenvalue weighted by atomic mass is 32.1. The summed E-state index contributed by atoms with van der Waals surface area (Å²) in [4.78, 5) is 1.48. The van der Waals surface area contributed by atoms with Gasteiger partial charge in [-0.2, -0.15) is 0 Å². The van der Waals surface area contributed by atoms with Crippen LogP contribution in [0, 0.1) is 0 Å². The van der Waals surface area contributed by atoms with Crippen LogP contribution < -0.4 is 0 Å². The number of hydrogen-bond donors (Lipinski definition) is 0. The van der Waals surface area contributed by atoms with Gasteiger partial charge >= 0.3 is 0 Å². The lowest BCUT2D eigenvalue weighted by Crippen LogP contribution is -2.41. The summed E-state index contributed by atoms with van der Waals surface area (Å²) < 4.78 is 6.18. The molecule has 0 N–H and O–H groups in total. The van der Waals surface area contributed by atoms with Crippen LogP contribution in [0.25, 0.3) is 0 Å². The Bertz CT molecular complexity index is 349. The quantitative estimate of drug-likeness (QED) is 0.693. The summed E-state index contributed by atoms with van der Waals surface area (Å²) in [6.45, 7) is 14.6.